The van der Waals surface area contributed by atoms with Gasteiger partial charge < -0.3 is 14.6 Å². The third-order valence-electron chi connectivity index (χ3n) is 3.99. The molecule has 1 aromatic carbocycles. The average molecular weight is 315 g/mol. The molecule has 6 heteroatoms. The van der Waals surface area contributed by atoms with Crippen molar-refractivity contribution in [1.82, 2.24) is 10.1 Å². The number of para-hydroxylation sites is 1. The number of morpholine rings is 1. The van der Waals surface area contributed by atoms with Gasteiger partial charge in [0.15, 0.2) is 11.5 Å². The summed E-state index contributed by atoms with van der Waals surface area (Å²) < 4.78 is 10.6. The topological polar surface area (TPSA) is 67.6 Å². The number of carbonyl (C=O) groups excluding carboxylic acids is 1. The van der Waals surface area contributed by atoms with Crippen LogP contribution in [0.3, 0.4) is 0 Å². The molecule has 0 unspecified atom stereocenters. The minimum absolute atomic E-state index is 0.251. The van der Waals surface area contributed by atoms with E-state index >= 15 is 0 Å². The van der Waals surface area contributed by atoms with Crippen molar-refractivity contribution in [3.63, 3.8) is 0 Å². The standard InChI is InChI=1S/C17H21N3O3/c1-12-4-3-5-13(2)16(12)18-17(21)15-10-14(23-19-15)11-20-6-8-22-9-7-20/h3-5,10H,6-9,11H2,1-2H3,(H,18,21). The summed E-state index contributed by atoms with van der Waals surface area (Å²) in [5.41, 5.74) is 3.18. The molecule has 0 radical (unpaired) electrons. The van der Waals surface area contributed by atoms with E-state index in [0.717, 1.165) is 43.1 Å². The first-order chi connectivity index (χ1) is 11.1. The fourth-order valence-corrected chi connectivity index (χ4v) is 2.66. The summed E-state index contributed by atoms with van der Waals surface area (Å²) in [7, 11) is 0. The lowest BCUT2D eigenvalue weighted by molar-refractivity contribution is 0.0305. The van der Waals surface area contributed by atoms with Crippen LogP contribution in [0.2, 0.25) is 0 Å². The summed E-state index contributed by atoms with van der Waals surface area (Å²) in [6, 6.07) is 7.61. The van der Waals surface area contributed by atoms with E-state index in [9.17, 15) is 4.79 Å². The van der Waals surface area contributed by atoms with Crippen LogP contribution in [0, 0.1) is 13.8 Å². The largest absolute Gasteiger partial charge is 0.379 e. The van der Waals surface area contributed by atoms with Crippen molar-refractivity contribution in [1.29, 1.82) is 0 Å². The van der Waals surface area contributed by atoms with Gasteiger partial charge in [0.1, 0.15) is 0 Å². The second kappa shape index (κ2) is 6.93. The number of aromatic nitrogens is 1. The van der Waals surface area contributed by atoms with Crippen LogP contribution in [-0.4, -0.2) is 42.3 Å². The van der Waals surface area contributed by atoms with E-state index in [2.05, 4.69) is 15.4 Å². The van der Waals surface area contributed by atoms with Gasteiger partial charge in [0.25, 0.3) is 5.91 Å². The summed E-state index contributed by atoms with van der Waals surface area (Å²) in [5.74, 6) is 0.443. The summed E-state index contributed by atoms with van der Waals surface area (Å²) >= 11 is 0. The van der Waals surface area contributed by atoms with Gasteiger partial charge >= 0.3 is 0 Å². The molecule has 2 aromatic rings. The molecule has 0 aliphatic carbocycles. The van der Waals surface area contributed by atoms with Crippen LogP contribution in [0.1, 0.15) is 27.4 Å². The molecule has 0 atom stereocenters. The van der Waals surface area contributed by atoms with Gasteiger partial charge in [0.05, 0.1) is 19.8 Å². The third kappa shape index (κ3) is 3.78. The number of amides is 1. The SMILES string of the molecule is Cc1cccc(C)c1NC(=O)c1cc(CN2CCOCC2)on1. The Hall–Kier alpha value is -2.18. The van der Waals surface area contributed by atoms with E-state index in [0.29, 0.717) is 18.0 Å². The van der Waals surface area contributed by atoms with Crippen LogP contribution in [0.5, 0.6) is 0 Å². The van der Waals surface area contributed by atoms with Crippen molar-refractivity contribution < 1.29 is 14.1 Å². The van der Waals surface area contributed by atoms with Gasteiger partial charge in [-0.25, -0.2) is 0 Å². The fraction of sp³-hybridized carbons (Fsp3) is 0.412. The maximum Gasteiger partial charge on any atom is 0.277 e. The first kappa shape index (κ1) is 15.7. The van der Waals surface area contributed by atoms with E-state index in [4.69, 9.17) is 9.26 Å². The zero-order valence-corrected chi connectivity index (χ0v) is 13.5. The Morgan fingerprint density at radius 2 is 1.96 bits per heavy atom. The van der Waals surface area contributed by atoms with Gasteiger partial charge in [0, 0.05) is 24.8 Å². The number of benzene rings is 1. The van der Waals surface area contributed by atoms with Gasteiger partial charge in [-0.15, -0.1) is 0 Å². The van der Waals surface area contributed by atoms with Gasteiger partial charge in [-0.1, -0.05) is 23.4 Å². The minimum atomic E-state index is -0.251. The number of nitrogens with zero attached hydrogens (tertiary/aromatic N) is 2. The highest BCUT2D eigenvalue weighted by molar-refractivity contribution is 6.03. The summed E-state index contributed by atoms with van der Waals surface area (Å²) in [4.78, 5) is 14.6. The highest BCUT2D eigenvalue weighted by Crippen LogP contribution is 2.20. The number of ether oxygens (including phenoxy) is 1. The van der Waals surface area contributed by atoms with E-state index in [1.165, 1.54) is 0 Å². The van der Waals surface area contributed by atoms with E-state index < -0.39 is 0 Å². The highest BCUT2D eigenvalue weighted by atomic mass is 16.5. The Labute approximate surface area is 135 Å². The van der Waals surface area contributed by atoms with E-state index in [1.54, 1.807) is 6.07 Å². The van der Waals surface area contributed by atoms with Crippen LogP contribution in [0.4, 0.5) is 5.69 Å². The Balaban J connectivity index is 1.66. The lowest BCUT2D eigenvalue weighted by Gasteiger charge is -2.25. The molecule has 0 saturated carbocycles. The van der Waals surface area contributed by atoms with Crippen molar-refractivity contribution in [3.8, 4) is 0 Å². The molecular weight excluding hydrogens is 294 g/mol. The molecule has 1 saturated heterocycles. The predicted octanol–water partition coefficient (Wildman–Crippen LogP) is 2.38. The second-order valence-electron chi connectivity index (χ2n) is 5.79. The Morgan fingerprint density at radius 1 is 1.26 bits per heavy atom. The quantitative estimate of drug-likeness (QED) is 0.938. The summed E-state index contributed by atoms with van der Waals surface area (Å²) in [6.07, 6.45) is 0. The molecule has 2 heterocycles. The number of nitrogens with one attached hydrogen (secondary N) is 1. The number of hydrogen-bond donors (Lipinski definition) is 1. The molecule has 1 fully saturated rings. The molecule has 0 spiro atoms. The minimum Gasteiger partial charge on any atom is -0.379 e. The van der Waals surface area contributed by atoms with Gasteiger partial charge in [-0.2, -0.15) is 0 Å². The van der Waals surface area contributed by atoms with Crippen molar-refractivity contribution in [2.75, 3.05) is 31.6 Å². The summed E-state index contributed by atoms with van der Waals surface area (Å²) in [5, 5.41) is 6.81. The number of rotatable bonds is 4. The maximum atomic E-state index is 12.4. The number of anilines is 1. The summed E-state index contributed by atoms with van der Waals surface area (Å²) in [6.45, 7) is 7.77. The average Bonchev–Trinajstić information content (AvgIpc) is 3.00. The monoisotopic (exact) mass is 315 g/mol. The van der Waals surface area contributed by atoms with Crippen molar-refractivity contribution in [2.24, 2.45) is 0 Å². The van der Waals surface area contributed by atoms with Crippen LogP contribution in [0.15, 0.2) is 28.8 Å². The van der Waals surface area contributed by atoms with Crippen molar-refractivity contribution in [3.05, 3.63) is 46.8 Å². The third-order valence-corrected chi connectivity index (χ3v) is 3.99. The van der Waals surface area contributed by atoms with Gasteiger partial charge in [-0.05, 0) is 25.0 Å². The molecule has 1 amide bonds. The molecule has 122 valence electrons. The second-order valence-corrected chi connectivity index (χ2v) is 5.79. The van der Waals surface area contributed by atoms with Crippen LogP contribution < -0.4 is 5.32 Å². The zero-order valence-electron chi connectivity index (χ0n) is 13.5. The maximum absolute atomic E-state index is 12.4. The molecule has 1 aliphatic rings. The molecule has 1 N–H and O–H groups in total. The normalized spacial score (nSPS) is 15.6. The van der Waals surface area contributed by atoms with Crippen LogP contribution in [-0.2, 0) is 11.3 Å². The van der Waals surface area contributed by atoms with Crippen molar-refractivity contribution >= 4 is 11.6 Å². The first-order valence-electron chi connectivity index (χ1n) is 7.77. The van der Waals surface area contributed by atoms with Gasteiger partial charge in [0.2, 0.25) is 0 Å². The Kier molecular flexibility index (Phi) is 4.73. The molecule has 6 nitrogen and oxygen atoms in total. The molecule has 3 rings (SSSR count). The van der Waals surface area contributed by atoms with Crippen molar-refractivity contribution in [2.45, 2.75) is 20.4 Å². The smallest absolute Gasteiger partial charge is 0.277 e. The van der Waals surface area contributed by atoms with Gasteiger partial charge in [-0.3, -0.25) is 9.69 Å². The number of carbonyl (C=O) groups is 1. The molecule has 23 heavy (non-hydrogen) atoms. The highest BCUT2D eigenvalue weighted by Gasteiger charge is 2.17. The fourth-order valence-electron chi connectivity index (χ4n) is 2.66. The Bertz CT molecular complexity index is 670. The Morgan fingerprint density at radius 3 is 2.65 bits per heavy atom. The predicted molar refractivity (Wildman–Crippen MR) is 86.5 cm³/mol. The van der Waals surface area contributed by atoms with E-state index in [-0.39, 0.29) is 5.91 Å². The molecular formula is C17H21N3O3. The molecule has 0 bridgehead atoms. The van der Waals surface area contributed by atoms with E-state index in [1.807, 2.05) is 32.0 Å². The lowest BCUT2D eigenvalue weighted by atomic mass is 10.1. The first-order valence-corrected chi connectivity index (χ1v) is 7.77. The van der Waals surface area contributed by atoms with Crippen LogP contribution in [0.25, 0.3) is 0 Å². The number of hydrogen-bond acceptors (Lipinski definition) is 5. The molecule has 1 aromatic heterocycles. The zero-order chi connectivity index (χ0) is 16.2. The number of aryl methyl sites for hydroxylation is 2. The van der Waals surface area contributed by atoms with Crippen LogP contribution >= 0.6 is 0 Å². The lowest BCUT2D eigenvalue weighted by Crippen LogP contribution is -2.35. The molecule has 1 aliphatic heterocycles.